The van der Waals surface area contributed by atoms with Crippen LogP contribution in [0.5, 0.6) is 0 Å². The van der Waals surface area contributed by atoms with Crippen LogP contribution in [0.25, 0.3) is 0 Å². The number of thiocarbonyl (C=S) groups is 1. The Morgan fingerprint density at radius 2 is 1.88 bits per heavy atom. The van der Waals surface area contributed by atoms with Crippen molar-refractivity contribution in [1.82, 2.24) is 4.90 Å². The number of rotatable bonds is 12. The smallest absolute Gasteiger partial charge is 0.394 e. The van der Waals surface area contributed by atoms with Crippen LogP contribution in [0, 0.1) is 11.3 Å². The lowest BCUT2D eigenvalue weighted by atomic mass is 9.99. The Morgan fingerprint density at radius 3 is 2.40 bits per heavy atom. The van der Waals surface area contributed by atoms with Crippen molar-refractivity contribution in [2.24, 2.45) is 15.9 Å². The normalized spacial score (nSPS) is 13.3. The molecule has 0 saturated heterocycles. The van der Waals surface area contributed by atoms with Gasteiger partial charge in [-0.05, 0) is 69.6 Å². The third-order valence-corrected chi connectivity index (χ3v) is 6.55. The first kappa shape index (κ1) is 32.5. The molecule has 1 amide bonds. The molecule has 0 aliphatic heterocycles. The molecule has 9 nitrogen and oxygen atoms in total. The maximum absolute atomic E-state index is 13.5. The van der Waals surface area contributed by atoms with Gasteiger partial charge >= 0.3 is 6.18 Å². The van der Waals surface area contributed by atoms with Gasteiger partial charge in [-0.3, -0.25) is 19.6 Å². The molecular formula is C27H31F3N6O3S. The molecule has 0 aliphatic rings. The van der Waals surface area contributed by atoms with E-state index in [1.165, 1.54) is 18.4 Å². The van der Waals surface area contributed by atoms with E-state index in [1.54, 1.807) is 37.9 Å². The van der Waals surface area contributed by atoms with Gasteiger partial charge in [0.2, 0.25) is 0 Å². The molecule has 0 aliphatic carbocycles. The molecule has 13 heteroatoms. The van der Waals surface area contributed by atoms with Crippen LogP contribution in [0.4, 0.5) is 24.5 Å². The van der Waals surface area contributed by atoms with Gasteiger partial charge in [0, 0.05) is 12.2 Å². The molecule has 40 heavy (non-hydrogen) atoms. The van der Waals surface area contributed by atoms with Gasteiger partial charge in [-0.2, -0.15) is 23.5 Å². The van der Waals surface area contributed by atoms with Crippen LogP contribution in [0.2, 0.25) is 0 Å². The highest BCUT2D eigenvalue weighted by Gasteiger charge is 2.38. The largest absolute Gasteiger partial charge is 0.417 e. The minimum Gasteiger partial charge on any atom is -0.394 e. The number of carbonyl (C=O) groups is 1. The maximum Gasteiger partial charge on any atom is 0.417 e. The summed E-state index contributed by atoms with van der Waals surface area (Å²) >= 11 is 4.98. The second kappa shape index (κ2) is 14.1. The zero-order valence-electron chi connectivity index (χ0n) is 22.3. The zero-order chi connectivity index (χ0) is 30.1. The summed E-state index contributed by atoms with van der Waals surface area (Å²) in [5.74, 6) is 4.81. The highest BCUT2D eigenvalue weighted by Crippen LogP contribution is 2.35. The van der Waals surface area contributed by atoms with Crippen molar-refractivity contribution in [2.45, 2.75) is 51.1 Å². The van der Waals surface area contributed by atoms with E-state index in [2.05, 4.69) is 10.1 Å². The molecular weight excluding hydrogens is 545 g/mol. The fourth-order valence-electron chi connectivity index (χ4n) is 3.57. The predicted octanol–water partition coefficient (Wildman–Crippen LogP) is 3.93. The number of aliphatic hydroxyl groups is 2. The van der Waals surface area contributed by atoms with Crippen LogP contribution in [0.1, 0.15) is 43.4 Å². The average molecular weight is 577 g/mol. The molecule has 0 heterocycles. The first-order chi connectivity index (χ1) is 18.8. The van der Waals surface area contributed by atoms with Crippen LogP contribution in [0.15, 0.2) is 52.6 Å². The number of hydrogen-bond acceptors (Lipinski definition) is 9. The number of amides is 1. The highest BCUT2D eigenvalue weighted by atomic mass is 32.1. The first-order valence-corrected chi connectivity index (χ1v) is 12.6. The quantitative estimate of drug-likeness (QED) is 0.151. The zero-order valence-corrected chi connectivity index (χ0v) is 23.1. The van der Waals surface area contributed by atoms with E-state index in [0.717, 1.165) is 28.1 Å². The number of halogens is 3. The minimum absolute atomic E-state index is 0.0960. The lowest BCUT2D eigenvalue weighted by Crippen LogP contribution is -2.54. The molecule has 2 rings (SSSR count). The van der Waals surface area contributed by atoms with Gasteiger partial charge in [-0.15, -0.1) is 0 Å². The molecule has 0 spiro atoms. The predicted molar refractivity (Wildman–Crippen MR) is 151 cm³/mol. The highest BCUT2D eigenvalue weighted by molar-refractivity contribution is 7.79. The third kappa shape index (κ3) is 8.40. The number of likely N-dealkylation sites (N-methyl/N-ethyl adjacent to an activating group) is 1. The maximum atomic E-state index is 13.5. The number of benzene rings is 2. The van der Waals surface area contributed by atoms with Crippen LogP contribution < -0.4 is 10.7 Å². The van der Waals surface area contributed by atoms with Gasteiger partial charge in [0.15, 0.2) is 0 Å². The number of nitrogens with zero attached hydrogens (tertiary/aromatic N) is 5. The molecule has 0 bridgehead atoms. The van der Waals surface area contributed by atoms with Gasteiger partial charge in [-0.1, -0.05) is 24.4 Å². The van der Waals surface area contributed by atoms with Gasteiger partial charge in [0.1, 0.15) is 0 Å². The van der Waals surface area contributed by atoms with Crippen molar-refractivity contribution in [3.8, 4) is 6.07 Å². The van der Waals surface area contributed by atoms with E-state index >= 15 is 0 Å². The van der Waals surface area contributed by atoms with Crippen molar-refractivity contribution in [1.29, 1.82) is 5.26 Å². The van der Waals surface area contributed by atoms with Crippen molar-refractivity contribution >= 4 is 46.9 Å². The Labute approximate surface area is 236 Å². The van der Waals surface area contributed by atoms with Crippen LogP contribution in [-0.2, 0) is 17.5 Å². The molecule has 214 valence electrons. The average Bonchev–Trinajstić information content (AvgIpc) is 2.93. The Kier molecular flexibility index (Phi) is 11.4. The van der Waals surface area contributed by atoms with E-state index in [0.29, 0.717) is 24.4 Å². The second-order valence-corrected chi connectivity index (χ2v) is 9.67. The van der Waals surface area contributed by atoms with Crippen LogP contribution in [-0.4, -0.2) is 63.7 Å². The van der Waals surface area contributed by atoms with E-state index in [4.69, 9.17) is 28.4 Å². The number of anilines is 1. The van der Waals surface area contributed by atoms with E-state index in [9.17, 15) is 23.1 Å². The lowest BCUT2D eigenvalue weighted by molar-refractivity contribution is -0.137. The number of hydrogen-bond donors (Lipinski definition) is 3. The summed E-state index contributed by atoms with van der Waals surface area (Å²) in [5.41, 5.74) is -0.0929. The number of nitrogens with two attached hydrogens (primary N) is 1. The fourth-order valence-corrected chi connectivity index (χ4v) is 3.79. The van der Waals surface area contributed by atoms with Gasteiger partial charge in [0.05, 0.1) is 58.6 Å². The summed E-state index contributed by atoms with van der Waals surface area (Å²) in [4.78, 5) is 20.5. The van der Waals surface area contributed by atoms with Crippen molar-refractivity contribution in [3.05, 3.63) is 59.2 Å². The number of carbonyl (C=O) groups excluding carboxylic acids is 1. The SMILES string of the molecule is CN(Cc1ccc(N=C/C(CCC(O)CO)=N\N)cc1)C(C)(C)C(=O)N(C=S)c1ccc(C#N)c(C(F)(F)F)c1. The molecule has 0 fully saturated rings. The fraction of sp³-hybridized carbons (Fsp3) is 0.370. The van der Waals surface area contributed by atoms with E-state index < -0.39 is 34.9 Å². The number of nitriles is 1. The summed E-state index contributed by atoms with van der Waals surface area (Å²) in [7, 11) is 1.70. The molecule has 2 aromatic rings. The van der Waals surface area contributed by atoms with Gasteiger partial charge in [0.25, 0.3) is 5.91 Å². The Balaban J connectivity index is 2.16. The molecule has 0 aromatic heterocycles. The third-order valence-electron chi connectivity index (χ3n) is 6.34. The summed E-state index contributed by atoms with van der Waals surface area (Å²) in [6, 6.07) is 11.7. The van der Waals surface area contributed by atoms with Crippen molar-refractivity contribution in [3.63, 3.8) is 0 Å². The monoisotopic (exact) mass is 576 g/mol. The summed E-state index contributed by atoms with van der Waals surface area (Å²) in [6.07, 6.45) is -3.55. The van der Waals surface area contributed by atoms with Crippen LogP contribution >= 0.6 is 12.2 Å². The number of aliphatic imine (C=N–C) groups is 1. The van der Waals surface area contributed by atoms with Gasteiger partial charge < -0.3 is 16.1 Å². The standard InChI is InChI=1S/C27H31F3N6O3S/c1-26(2,25(39)36(17-40)22-10-6-19(13-31)24(12-22)27(28,29)30)35(3)15-18-4-7-20(8-5-18)33-14-21(34-32)9-11-23(38)16-37/h4-8,10,12,14,17,23,37-38H,9,11,15-16,32H2,1-3H3/b33-14?,34-21-. The first-order valence-electron chi connectivity index (χ1n) is 12.1. The Hall–Kier alpha value is -3.70. The Morgan fingerprint density at radius 1 is 1.23 bits per heavy atom. The molecule has 1 atom stereocenters. The van der Waals surface area contributed by atoms with Gasteiger partial charge in [-0.25, -0.2) is 0 Å². The number of aliphatic hydroxyl groups excluding tert-OH is 2. The molecule has 4 N–H and O–H groups in total. The number of alkyl halides is 3. The van der Waals surface area contributed by atoms with Crippen LogP contribution in [0.3, 0.4) is 0 Å². The van der Waals surface area contributed by atoms with Crippen molar-refractivity contribution < 1.29 is 28.2 Å². The second-order valence-electron chi connectivity index (χ2n) is 9.46. The summed E-state index contributed by atoms with van der Waals surface area (Å²) in [5, 5.41) is 31.1. The molecule has 0 radical (unpaired) electrons. The Bertz CT molecular complexity index is 1290. The van der Waals surface area contributed by atoms with E-state index in [1.807, 2.05) is 12.1 Å². The summed E-state index contributed by atoms with van der Waals surface area (Å²) < 4.78 is 40.4. The molecule has 0 saturated carbocycles. The summed E-state index contributed by atoms with van der Waals surface area (Å²) in [6.45, 7) is 3.24. The lowest BCUT2D eigenvalue weighted by Gasteiger charge is -2.37. The molecule has 2 aromatic carbocycles. The topological polar surface area (TPSA) is 139 Å². The number of hydrazone groups is 1. The molecule has 1 unspecified atom stereocenters. The minimum atomic E-state index is -4.78. The van der Waals surface area contributed by atoms with E-state index in [-0.39, 0.29) is 18.7 Å². The van der Waals surface area contributed by atoms with Crippen molar-refractivity contribution in [2.75, 3.05) is 18.6 Å².